The second-order valence-corrected chi connectivity index (χ2v) is 13.7. The predicted octanol–water partition coefficient (Wildman–Crippen LogP) is 12.5. The van der Waals surface area contributed by atoms with Crippen molar-refractivity contribution in [3.8, 4) is 34.3 Å². The molecule has 53 heavy (non-hydrogen) atoms. The number of hydrogen-bond acceptors (Lipinski definition) is 1. The molecule has 0 atom stereocenters. The van der Waals surface area contributed by atoms with Crippen LogP contribution in [0.5, 0.6) is 0 Å². The molecule has 0 unspecified atom stereocenters. The van der Waals surface area contributed by atoms with Crippen LogP contribution in [0, 0.1) is 11.3 Å². The topological polar surface area (TPSA) is 38.6 Å². The monoisotopic (exact) mass is 674 g/mol. The van der Waals surface area contributed by atoms with Gasteiger partial charge in [0.15, 0.2) is 0 Å². The Hall–Kier alpha value is -7.35. The molecule has 11 rings (SSSR count). The number of aromatic nitrogens is 3. The maximum atomic E-state index is 10.2. The van der Waals surface area contributed by atoms with Crippen LogP contribution in [0.25, 0.3) is 93.6 Å². The third kappa shape index (κ3) is 4.22. The van der Waals surface area contributed by atoms with Gasteiger partial charge in [-0.25, -0.2) is 0 Å². The lowest BCUT2D eigenvalue weighted by Gasteiger charge is -2.19. The zero-order valence-electron chi connectivity index (χ0n) is 28.6. The molecule has 0 bridgehead atoms. The van der Waals surface area contributed by atoms with Gasteiger partial charge in [-0.15, -0.1) is 0 Å². The molecule has 0 amide bonds. The number of nitrogens with zero attached hydrogens (tertiary/aromatic N) is 4. The molecule has 0 aliphatic rings. The summed E-state index contributed by atoms with van der Waals surface area (Å²) in [6.45, 7) is 0. The smallest absolute Gasteiger partial charge is 0.0992 e. The van der Waals surface area contributed by atoms with Crippen molar-refractivity contribution < 1.29 is 0 Å². The van der Waals surface area contributed by atoms with E-state index in [1.54, 1.807) is 0 Å². The quantitative estimate of drug-likeness (QED) is 0.183. The van der Waals surface area contributed by atoms with Gasteiger partial charge in [0, 0.05) is 49.1 Å². The molecule has 0 aliphatic carbocycles. The maximum absolute atomic E-state index is 10.2. The highest BCUT2D eigenvalue weighted by atomic mass is 15.0. The number of benzene rings is 8. The van der Waals surface area contributed by atoms with Gasteiger partial charge >= 0.3 is 0 Å². The summed E-state index contributed by atoms with van der Waals surface area (Å²) in [5.41, 5.74) is 12.8. The van der Waals surface area contributed by atoms with Crippen molar-refractivity contribution in [3.63, 3.8) is 0 Å². The standard InChI is InChI=1S/C49H30N4/c50-31-32-25-27-40(38-17-5-11-23-46(38)52-44-21-9-3-15-36(44)37-16-4-10-22-45(37)52)49(29-32)53-47-24-12-6-18-39(47)41-30-33(26-28-48(41)53)51-42-19-7-1-13-34(42)35-14-2-8-20-43(35)51/h1-30H. The zero-order valence-corrected chi connectivity index (χ0v) is 28.6. The van der Waals surface area contributed by atoms with Crippen molar-refractivity contribution in [1.82, 2.24) is 13.7 Å². The Labute approximate surface area is 305 Å². The Balaban J connectivity index is 1.19. The highest BCUT2D eigenvalue weighted by Gasteiger charge is 2.21. The third-order valence-corrected chi connectivity index (χ3v) is 10.9. The lowest BCUT2D eigenvalue weighted by atomic mass is 9.99. The van der Waals surface area contributed by atoms with E-state index in [9.17, 15) is 5.26 Å². The molecular formula is C49H30N4. The largest absolute Gasteiger partial charge is 0.309 e. The summed E-state index contributed by atoms with van der Waals surface area (Å²) in [6, 6.07) is 67.1. The fraction of sp³-hybridized carbons (Fsp3) is 0. The normalized spacial score (nSPS) is 11.8. The molecule has 8 aromatic carbocycles. The highest BCUT2D eigenvalue weighted by Crippen LogP contribution is 2.42. The fourth-order valence-corrected chi connectivity index (χ4v) is 8.65. The molecule has 0 radical (unpaired) electrons. The van der Waals surface area contributed by atoms with Crippen molar-refractivity contribution in [1.29, 1.82) is 5.26 Å². The second-order valence-electron chi connectivity index (χ2n) is 13.7. The van der Waals surface area contributed by atoms with E-state index >= 15 is 0 Å². The molecule has 3 aromatic heterocycles. The Morgan fingerprint density at radius 1 is 0.321 bits per heavy atom. The number of hydrogen-bond donors (Lipinski definition) is 0. The summed E-state index contributed by atoms with van der Waals surface area (Å²) in [4.78, 5) is 0. The Kier molecular flexibility index (Phi) is 6.28. The Morgan fingerprint density at radius 2 is 0.736 bits per heavy atom. The number of nitriles is 1. The lowest BCUT2D eigenvalue weighted by molar-refractivity contribution is 1.15. The molecule has 246 valence electrons. The van der Waals surface area contributed by atoms with Gasteiger partial charge in [0.05, 0.1) is 56.1 Å². The van der Waals surface area contributed by atoms with E-state index < -0.39 is 0 Å². The first-order chi connectivity index (χ1) is 26.3. The highest BCUT2D eigenvalue weighted by molar-refractivity contribution is 6.13. The van der Waals surface area contributed by atoms with Gasteiger partial charge in [-0.05, 0) is 66.7 Å². The first kappa shape index (κ1) is 29.4. The van der Waals surface area contributed by atoms with Gasteiger partial charge in [-0.3, -0.25) is 0 Å². The average Bonchev–Trinajstić information content (AvgIpc) is 3.86. The van der Waals surface area contributed by atoms with Gasteiger partial charge in [0.1, 0.15) is 0 Å². The van der Waals surface area contributed by atoms with E-state index in [0.717, 1.165) is 61.0 Å². The zero-order chi connectivity index (χ0) is 35.0. The minimum Gasteiger partial charge on any atom is -0.309 e. The molecule has 0 saturated heterocycles. The van der Waals surface area contributed by atoms with Gasteiger partial charge in [0.25, 0.3) is 0 Å². The summed E-state index contributed by atoms with van der Waals surface area (Å²) in [5, 5.41) is 17.5. The van der Waals surface area contributed by atoms with Crippen LogP contribution in [0.1, 0.15) is 5.56 Å². The van der Waals surface area contributed by atoms with Crippen molar-refractivity contribution in [2.75, 3.05) is 0 Å². The summed E-state index contributed by atoms with van der Waals surface area (Å²) in [6.07, 6.45) is 0. The van der Waals surface area contributed by atoms with Crippen LogP contribution in [0.15, 0.2) is 182 Å². The third-order valence-electron chi connectivity index (χ3n) is 10.9. The molecule has 11 aromatic rings. The van der Waals surface area contributed by atoms with Gasteiger partial charge in [-0.2, -0.15) is 5.26 Å². The summed E-state index contributed by atoms with van der Waals surface area (Å²) < 4.78 is 7.10. The van der Waals surface area contributed by atoms with Crippen LogP contribution in [0.4, 0.5) is 0 Å². The van der Waals surface area contributed by atoms with Crippen LogP contribution in [0.2, 0.25) is 0 Å². The number of rotatable bonds is 4. The minimum atomic E-state index is 0.617. The second kappa shape index (κ2) is 11.3. The minimum absolute atomic E-state index is 0.617. The molecule has 4 heteroatoms. The molecule has 0 spiro atoms. The maximum Gasteiger partial charge on any atom is 0.0992 e. The van der Waals surface area contributed by atoms with E-state index in [0.29, 0.717) is 5.56 Å². The van der Waals surface area contributed by atoms with Crippen molar-refractivity contribution in [2.24, 2.45) is 0 Å². The van der Waals surface area contributed by atoms with Crippen LogP contribution in [0.3, 0.4) is 0 Å². The van der Waals surface area contributed by atoms with Crippen LogP contribution in [-0.2, 0) is 0 Å². The van der Waals surface area contributed by atoms with Crippen LogP contribution in [-0.4, -0.2) is 13.7 Å². The van der Waals surface area contributed by atoms with E-state index in [2.05, 4.69) is 190 Å². The van der Waals surface area contributed by atoms with E-state index in [1.165, 1.54) is 32.6 Å². The van der Waals surface area contributed by atoms with Crippen LogP contribution < -0.4 is 0 Å². The van der Waals surface area contributed by atoms with E-state index in [1.807, 2.05) is 12.1 Å². The summed E-state index contributed by atoms with van der Waals surface area (Å²) in [7, 11) is 0. The van der Waals surface area contributed by atoms with E-state index in [-0.39, 0.29) is 0 Å². The van der Waals surface area contributed by atoms with Gasteiger partial charge < -0.3 is 13.7 Å². The van der Waals surface area contributed by atoms with E-state index in [4.69, 9.17) is 0 Å². The van der Waals surface area contributed by atoms with Gasteiger partial charge in [-0.1, -0.05) is 115 Å². The molecule has 0 saturated carbocycles. The molecular weight excluding hydrogens is 645 g/mol. The lowest BCUT2D eigenvalue weighted by Crippen LogP contribution is -2.02. The van der Waals surface area contributed by atoms with Crippen LogP contribution >= 0.6 is 0 Å². The van der Waals surface area contributed by atoms with Gasteiger partial charge in [0.2, 0.25) is 0 Å². The number of fused-ring (bicyclic) bond motifs is 9. The Bertz CT molecular complexity index is 3200. The first-order valence-electron chi connectivity index (χ1n) is 17.9. The summed E-state index contributed by atoms with van der Waals surface area (Å²) >= 11 is 0. The first-order valence-corrected chi connectivity index (χ1v) is 17.9. The average molecular weight is 675 g/mol. The van der Waals surface area contributed by atoms with Crippen molar-refractivity contribution in [2.45, 2.75) is 0 Å². The fourth-order valence-electron chi connectivity index (χ4n) is 8.65. The van der Waals surface area contributed by atoms with Crippen molar-refractivity contribution >= 4 is 65.4 Å². The molecule has 0 aliphatic heterocycles. The SMILES string of the molecule is N#Cc1ccc(-c2ccccc2-n2c3ccccc3c3ccccc32)c(-n2c3ccccc3c3cc(-n4c5ccccc5c5ccccc54)ccc32)c1. The summed E-state index contributed by atoms with van der Waals surface area (Å²) in [5.74, 6) is 0. The molecule has 0 N–H and O–H groups in total. The Morgan fingerprint density at radius 3 is 1.28 bits per heavy atom. The molecule has 4 nitrogen and oxygen atoms in total. The van der Waals surface area contributed by atoms with Crippen molar-refractivity contribution in [3.05, 3.63) is 188 Å². The molecule has 3 heterocycles. The predicted molar refractivity (Wildman–Crippen MR) is 220 cm³/mol. The number of para-hydroxylation sites is 6. The molecule has 0 fully saturated rings.